The highest BCUT2D eigenvalue weighted by Crippen LogP contribution is 2.36. The second kappa shape index (κ2) is 16.7. The Balaban J connectivity index is 1.86. The Morgan fingerprint density at radius 1 is 1.24 bits per heavy atom. The molecule has 0 saturated heterocycles. The lowest BCUT2D eigenvalue weighted by Crippen LogP contribution is -2.23. The van der Waals surface area contributed by atoms with Gasteiger partial charge in [0.05, 0.1) is 13.5 Å². The number of nitrogens with zero attached hydrogens (tertiary/aromatic N) is 2. The minimum Gasteiger partial charge on any atom is -0.470 e. The van der Waals surface area contributed by atoms with E-state index in [-0.39, 0.29) is 0 Å². The summed E-state index contributed by atoms with van der Waals surface area (Å²) in [4.78, 5) is 9.18. The minimum atomic E-state index is -1.60. The van der Waals surface area contributed by atoms with Crippen molar-refractivity contribution < 1.29 is 9.30 Å². The molecule has 2 aliphatic rings. The van der Waals surface area contributed by atoms with Crippen molar-refractivity contribution in [2.24, 2.45) is 21.8 Å². The zero-order valence-electron chi connectivity index (χ0n) is 21.2. The van der Waals surface area contributed by atoms with Crippen molar-refractivity contribution in [3.63, 3.8) is 0 Å². The molecule has 0 aromatic heterocycles. The van der Waals surface area contributed by atoms with E-state index in [1.165, 1.54) is 25.7 Å². The molecule has 0 bridgehead atoms. The van der Waals surface area contributed by atoms with Crippen LogP contribution in [0.2, 0.25) is 0 Å². The first-order chi connectivity index (χ1) is 16.6. The number of hydrogen-bond acceptors (Lipinski definition) is 5. The maximum atomic E-state index is 12.3. The Morgan fingerprint density at radius 3 is 2.71 bits per heavy atom. The molecule has 1 saturated carbocycles. The molecule has 186 valence electrons. The molecule has 1 atom stereocenters. The van der Waals surface area contributed by atoms with Crippen LogP contribution in [-0.2, 0) is 9.30 Å². The summed E-state index contributed by atoms with van der Waals surface area (Å²) in [5, 5.41) is 2.01. The first kappa shape index (κ1) is 28.4. The van der Waals surface area contributed by atoms with E-state index >= 15 is 0 Å². The van der Waals surface area contributed by atoms with Crippen molar-refractivity contribution in [1.29, 1.82) is 0 Å². The molecule has 1 fully saturated rings. The van der Waals surface area contributed by atoms with Gasteiger partial charge in [-0.2, -0.15) is 0 Å². The highest BCUT2D eigenvalue weighted by molar-refractivity contribution is 8.01. The van der Waals surface area contributed by atoms with Gasteiger partial charge in [0.25, 0.3) is 0 Å². The lowest BCUT2D eigenvalue weighted by Gasteiger charge is -2.26. The summed E-state index contributed by atoms with van der Waals surface area (Å²) in [6.07, 6.45) is 25.4. The molecule has 1 heterocycles. The third-order valence-electron chi connectivity index (χ3n) is 5.95. The van der Waals surface area contributed by atoms with Crippen LogP contribution in [0.15, 0.2) is 81.1 Å². The average molecular weight is 501 g/mol. The van der Waals surface area contributed by atoms with Crippen LogP contribution in [0.4, 0.5) is 0 Å². The van der Waals surface area contributed by atoms with Gasteiger partial charge in [-0.05, 0) is 87.8 Å². The Hall–Kier alpha value is -1.84. The summed E-state index contributed by atoms with van der Waals surface area (Å²) >= 11 is 1.66. The van der Waals surface area contributed by atoms with Crippen molar-refractivity contribution in [1.82, 2.24) is 0 Å². The number of thioether (sulfide) groups is 1. The van der Waals surface area contributed by atoms with E-state index in [0.29, 0.717) is 30.9 Å². The number of aliphatic imine (C=N–C) groups is 2. The van der Waals surface area contributed by atoms with Crippen molar-refractivity contribution in [2.75, 3.05) is 25.6 Å². The van der Waals surface area contributed by atoms with Crippen LogP contribution in [0.5, 0.6) is 0 Å². The molecular weight excluding hydrogens is 459 g/mol. The Morgan fingerprint density at radius 2 is 2.03 bits per heavy atom. The molecule has 0 amide bonds. The molecular formula is C28H41N2O2PS. The summed E-state index contributed by atoms with van der Waals surface area (Å²) in [6.45, 7) is 7.13. The zero-order chi connectivity index (χ0) is 24.6. The van der Waals surface area contributed by atoms with Gasteiger partial charge in [-0.3, -0.25) is 4.99 Å². The molecule has 4 nitrogen and oxygen atoms in total. The fraction of sp³-hybridized carbons (Fsp3) is 0.500. The van der Waals surface area contributed by atoms with Crippen LogP contribution >= 0.6 is 19.6 Å². The van der Waals surface area contributed by atoms with E-state index < -0.39 is 7.80 Å². The van der Waals surface area contributed by atoms with Crippen LogP contribution in [-0.4, -0.2) is 37.2 Å². The van der Waals surface area contributed by atoms with Gasteiger partial charge in [-0.25, -0.2) is 4.99 Å². The SMILES string of the molecule is C/C=C\C(=C/C/C=C/[C@H]1CC[C@H](C[PH](=O)/C=C/C=C\SC)CC1)C1=NC(=C/C)/C(=N\CC)OC1. The van der Waals surface area contributed by atoms with Gasteiger partial charge in [0.1, 0.15) is 12.3 Å². The molecule has 0 radical (unpaired) electrons. The third-order valence-corrected chi connectivity index (χ3v) is 7.92. The van der Waals surface area contributed by atoms with Gasteiger partial charge in [0.2, 0.25) is 5.90 Å². The van der Waals surface area contributed by atoms with E-state index in [1.807, 2.05) is 62.6 Å². The van der Waals surface area contributed by atoms with Crippen LogP contribution in [0, 0.1) is 11.8 Å². The monoisotopic (exact) mass is 500 g/mol. The van der Waals surface area contributed by atoms with Gasteiger partial charge in [0, 0.05) is 12.7 Å². The molecule has 0 aromatic carbocycles. The normalized spacial score (nSPS) is 25.8. The van der Waals surface area contributed by atoms with E-state index in [4.69, 9.17) is 9.73 Å². The van der Waals surface area contributed by atoms with Gasteiger partial charge < -0.3 is 9.30 Å². The molecule has 1 aliphatic carbocycles. The molecule has 1 unspecified atom stereocenters. The number of allylic oxidation sites excluding steroid dienone is 8. The zero-order valence-corrected chi connectivity index (χ0v) is 23.0. The Bertz CT molecular complexity index is 901. The van der Waals surface area contributed by atoms with Crippen molar-refractivity contribution in [3.05, 3.63) is 71.1 Å². The Kier molecular flexibility index (Phi) is 14.0. The minimum absolute atomic E-state index is 0.451. The molecule has 0 spiro atoms. The summed E-state index contributed by atoms with van der Waals surface area (Å²) in [6, 6.07) is 0. The average Bonchev–Trinajstić information content (AvgIpc) is 2.85. The number of ether oxygens (including phenoxy) is 1. The predicted octanol–water partition coefficient (Wildman–Crippen LogP) is 7.99. The molecule has 1 aliphatic heterocycles. The summed E-state index contributed by atoms with van der Waals surface area (Å²) in [7, 11) is -1.60. The summed E-state index contributed by atoms with van der Waals surface area (Å²) < 4.78 is 18.2. The number of hydrogen-bond donors (Lipinski definition) is 0. The maximum absolute atomic E-state index is 12.3. The van der Waals surface area contributed by atoms with Crippen LogP contribution in [0.25, 0.3) is 0 Å². The Labute approximate surface area is 211 Å². The predicted molar refractivity (Wildman–Crippen MR) is 153 cm³/mol. The number of rotatable bonds is 11. The highest BCUT2D eigenvalue weighted by Gasteiger charge is 2.20. The van der Waals surface area contributed by atoms with E-state index in [1.54, 1.807) is 11.8 Å². The van der Waals surface area contributed by atoms with E-state index in [9.17, 15) is 4.57 Å². The lowest BCUT2D eigenvalue weighted by molar-refractivity contribution is 0.332. The quantitative estimate of drug-likeness (QED) is 0.164. The van der Waals surface area contributed by atoms with E-state index in [2.05, 4.69) is 29.3 Å². The lowest BCUT2D eigenvalue weighted by atomic mass is 9.82. The third kappa shape index (κ3) is 10.2. The smallest absolute Gasteiger partial charge is 0.235 e. The van der Waals surface area contributed by atoms with Gasteiger partial charge >= 0.3 is 0 Å². The molecule has 34 heavy (non-hydrogen) atoms. The van der Waals surface area contributed by atoms with Crippen LogP contribution in [0.1, 0.15) is 52.9 Å². The van der Waals surface area contributed by atoms with Crippen molar-refractivity contribution in [2.45, 2.75) is 52.9 Å². The van der Waals surface area contributed by atoms with E-state index in [0.717, 1.165) is 29.6 Å². The van der Waals surface area contributed by atoms with Gasteiger partial charge in [-0.1, -0.05) is 48.6 Å². The highest BCUT2D eigenvalue weighted by atomic mass is 32.2. The summed E-state index contributed by atoms with van der Waals surface area (Å²) in [5.74, 6) is 3.78. The second-order valence-corrected chi connectivity index (χ2v) is 10.9. The second-order valence-electron chi connectivity index (χ2n) is 8.50. The molecule has 6 heteroatoms. The van der Waals surface area contributed by atoms with Crippen molar-refractivity contribution >= 4 is 31.2 Å². The van der Waals surface area contributed by atoms with Crippen molar-refractivity contribution in [3.8, 4) is 0 Å². The summed E-state index contributed by atoms with van der Waals surface area (Å²) in [5.41, 5.74) is 2.86. The van der Waals surface area contributed by atoms with Gasteiger partial charge in [0.15, 0.2) is 0 Å². The molecule has 0 aromatic rings. The topological polar surface area (TPSA) is 51.0 Å². The fourth-order valence-electron chi connectivity index (χ4n) is 4.19. The largest absolute Gasteiger partial charge is 0.470 e. The van der Waals surface area contributed by atoms with Crippen LogP contribution < -0.4 is 0 Å². The standard InChI is InChI=1S/C28H41N2O2PS/c1-5-12-25(27-21-32-28(29-7-3)26(6-2)30-27)14-9-8-13-23-15-17-24(18-16-23)22-33(31)19-10-11-20-34-4/h5-6,8,10-14,19-20,23-24,33H,7,9,15-18,21-22H2,1-4H3/b12-5-,13-8+,19-10+,20-11-,25-14+,26-6+,29-28+/t23-,24-. The fourth-order valence-corrected chi connectivity index (χ4v) is 5.88. The maximum Gasteiger partial charge on any atom is 0.235 e. The molecule has 0 N–H and O–H groups in total. The first-order valence-electron chi connectivity index (χ1n) is 12.4. The van der Waals surface area contributed by atoms with Crippen LogP contribution in [0.3, 0.4) is 0 Å². The van der Waals surface area contributed by atoms with Gasteiger partial charge in [-0.15, -0.1) is 11.8 Å². The molecule has 2 rings (SSSR count). The first-order valence-corrected chi connectivity index (χ1v) is 15.4.